The Hall–Kier alpha value is -0.830. The van der Waals surface area contributed by atoms with Gasteiger partial charge < -0.3 is 5.32 Å². The lowest BCUT2D eigenvalue weighted by Crippen LogP contribution is -2.38. The van der Waals surface area contributed by atoms with Crippen LogP contribution in [0.2, 0.25) is 0 Å². The highest BCUT2D eigenvalue weighted by atomic mass is 79.9. The maximum atomic E-state index is 12.2. The molecule has 3 heteroatoms. The summed E-state index contributed by atoms with van der Waals surface area (Å²) in [6, 6.07) is 5.97. The third kappa shape index (κ3) is 3.56. The van der Waals surface area contributed by atoms with Crippen LogP contribution in [0.1, 0.15) is 43.1 Å². The van der Waals surface area contributed by atoms with Crippen LogP contribution in [-0.2, 0) is 0 Å². The molecule has 0 saturated carbocycles. The smallest absolute Gasteiger partial charge is 0.252 e. The first-order chi connectivity index (χ1) is 7.97. The molecule has 0 aromatic heterocycles. The minimum Gasteiger partial charge on any atom is -0.349 e. The summed E-state index contributed by atoms with van der Waals surface area (Å²) >= 11 is 3.47. The zero-order chi connectivity index (χ0) is 13.0. The normalized spacial score (nSPS) is 12.6. The molecule has 0 aliphatic carbocycles. The molecule has 1 atom stereocenters. The van der Waals surface area contributed by atoms with E-state index in [1.165, 1.54) is 0 Å². The van der Waals surface area contributed by atoms with Crippen LogP contribution in [0.15, 0.2) is 22.7 Å². The van der Waals surface area contributed by atoms with Gasteiger partial charge in [-0.25, -0.2) is 0 Å². The van der Waals surface area contributed by atoms with Crippen LogP contribution in [0, 0.1) is 12.8 Å². The van der Waals surface area contributed by atoms with Crippen LogP contribution in [0.3, 0.4) is 0 Å². The summed E-state index contributed by atoms with van der Waals surface area (Å²) in [6.07, 6.45) is 0.951. The van der Waals surface area contributed by atoms with Crippen molar-refractivity contribution in [1.82, 2.24) is 5.32 Å². The summed E-state index contributed by atoms with van der Waals surface area (Å²) < 4.78 is 0.885. The first-order valence-corrected chi connectivity index (χ1v) is 6.82. The van der Waals surface area contributed by atoms with Gasteiger partial charge in [-0.1, -0.05) is 32.9 Å². The van der Waals surface area contributed by atoms with Gasteiger partial charge in [0.2, 0.25) is 0 Å². The Morgan fingerprint density at radius 1 is 1.41 bits per heavy atom. The number of hydrogen-bond donors (Lipinski definition) is 1. The molecule has 0 radical (unpaired) electrons. The number of halogens is 1. The molecule has 1 unspecified atom stereocenters. The molecule has 1 amide bonds. The molecule has 0 aliphatic heterocycles. The molecule has 0 heterocycles. The van der Waals surface area contributed by atoms with Gasteiger partial charge in [0.25, 0.3) is 5.91 Å². The van der Waals surface area contributed by atoms with Crippen LogP contribution in [-0.4, -0.2) is 11.9 Å². The highest BCUT2D eigenvalue weighted by molar-refractivity contribution is 9.10. The van der Waals surface area contributed by atoms with Crippen molar-refractivity contribution in [3.63, 3.8) is 0 Å². The molecule has 94 valence electrons. The highest BCUT2D eigenvalue weighted by Gasteiger charge is 2.17. The van der Waals surface area contributed by atoms with Crippen molar-refractivity contribution in [2.75, 3.05) is 0 Å². The van der Waals surface area contributed by atoms with Crippen molar-refractivity contribution in [1.29, 1.82) is 0 Å². The van der Waals surface area contributed by atoms with Gasteiger partial charge in [0.1, 0.15) is 0 Å². The molecule has 1 aromatic carbocycles. The van der Waals surface area contributed by atoms with Crippen LogP contribution in [0.5, 0.6) is 0 Å². The van der Waals surface area contributed by atoms with Gasteiger partial charge in [0, 0.05) is 10.5 Å². The summed E-state index contributed by atoms with van der Waals surface area (Å²) in [4.78, 5) is 12.2. The monoisotopic (exact) mass is 297 g/mol. The van der Waals surface area contributed by atoms with E-state index >= 15 is 0 Å². The number of rotatable bonds is 4. The second-order valence-corrected chi connectivity index (χ2v) is 5.46. The molecular weight excluding hydrogens is 278 g/mol. The predicted molar refractivity (Wildman–Crippen MR) is 75.3 cm³/mol. The molecule has 1 rings (SSSR count). The van der Waals surface area contributed by atoms with E-state index in [4.69, 9.17) is 0 Å². The Morgan fingerprint density at radius 3 is 2.59 bits per heavy atom. The van der Waals surface area contributed by atoms with E-state index in [1.807, 2.05) is 25.1 Å². The van der Waals surface area contributed by atoms with E-state index in [0.29, 0.717) is 11.5 Å². The second kappa shape index (κ2) is 6.20. The molecule has 0 fully saturated rings. The van der Waals surface area contributed by atoms with Crippen LogP contribution >= 0.6 is 15.9 Å². The van der Waals surface area contributed by atoms with Crippen LogP contribution in [0.25, 0.3) is 0 Å². The van der Waals surface area contributed by atoms with Crippen molar-refractivity contribution in [2.45, 2.75) is 40.2 Å². The van der Waals surface area contributed by atoms with Gasteiger partial charge in [0.15, 0.2) is 0 Å². The summed E-state index contributed by atoms with van der Waals surface area (Å²) in [5.41, 5.74) is 1.79. The van der Waals surface area contributed by atoms with Gasteiger partial charge in [-0.15, -0.1) is 0 Å². The molecule has 0 bridgehead atoms. The zero-order valence-electron chi connectivity index (χ0n) is 10.9. The summed E-state index contributed by atoms with van der Waals surface area (Å²) in [6.45, 7) is 8.33. The van der Waals surface area contributed by atoms with Crippen molar-refractivity contribution < 1.29 is 4.79 Å². The standard InChI is InChI=1S/C14H20BrNO/c1-5-12(9(2)3)16-14(17)11-8-6-7-10(4)13(11)15/h6-9,12H,5H2,1-4H3,(H,16,17). The van der Waals surface area contributed by atoms with E-state index in [2.05, 4.69) is 42.0 Å². The van der Waals surface area contributed by atoms with E-state index < -0.39 is 0 Å². The Balaban J connectivity index is 2.86. The first kappa shape index (κ1) is 14.2. The summed E-state index contributed by atoms with van der Waals surface area (Å²) in [7, 11) is 0. The minimum absolute atomic E-state index is 0.00104. The molecule has 2 nitrogen and oxygen atoms in total. The summed E-state index contributed by atoms with van der Waals surface area (Å²) in [5.74, 6) is 0.452. The largest absolute Gasteiger partial charge is 0.349 e. The number of benzene rings is 1. The lowest BCUT2D eigenvalue weighted by atomic mass is 10.0. The van der Waals surface area contributed by atoms with Crippen LogP contribution < -0.4 is 5.32 Å². The SMILES string of the molecule is CCC(NC(=O)c1cccc(C)c1Br)C(C)C. The maximum absolute atomic E-state index is 12.2. The molecule has 17 heavy (non-hydrogen) atoms. The number of aryl methyl sites for hydroxylation is 1. The number of nitrogens with one attached hydrogen (secondary N) is 1. The Kier molecular flexibility index (Phi) is 5.19. The first-order valence-electron chi connectivity index (χ1n) is 6.03. The van der Waals surface area contributed by atoms with Gasteiger partial charge in [-0.3, -0.25) is 4.79 Å². The average Bonchev–Trinajstić information content (AvgIpc) is 2.28. The van der Waals surface area contributed by atoms with Gasteiger partial charge >= 0.3 is 0 Å². The van der Waals surface area contributed by atoms with Crippen molar-refractivity contribution in [2.24, 2.45) is 5.92 Å². The van der Waals surface area contributed by atoms with E-state index in [1.54, 1.807) is 0 Å². The fourth-order valence-electron chi connectivity index (χ4n) is 1.81. The Bertz CT molecular complexity index is 401. The van der Waals surface area contributed by atoms with E-state index in [-0.39, 0.29) is 11.9 Å². The summed E-state index contributed by atoms with van der Waals surface area (Å²) in [5, 5.41) is 3.08. The zero-order valence-corrected chi connectivity index (χ0v) is 12.5. The fraction of sp³-hybridized carbons (Fsp3) is 0.500. The van der Waals surface area contributed by atoms with Crippen molar-refractivity contribution in [3.05, 3.63) is 33.8 Å². The molecule has 0 aliphatic rings. The molecular formula is C14H20BrNO. The lowest BCUT2D eigenvalue weighted by molar-refractivity contribution is 0.0923. The molecule has 1 aromatic rings. The van der Waals surface area contributed by atoms with Crippen molar-refractivity contribution in [3.8, 4) is 0 Å². The van der Waals surface area contributed by atoms with Crippen LogP contribution in [0.4, 0.5) is 0 Å². The minimum atomic E-state index is 0.00104. The predicted octanol–water partition coefficient (Wildman–Crippen LogP) is 3.92. The number of hydrogen-bond acceptors (Lipinski definition) is 1. The number of carbonyl (C=O) groups excluding carboxylic acids is 1. The van der Waals surface area contributed by atoms with Gasteiger partial charge in [0.05, 0.1) is 5.56 Å². The third-order valence-electron chi connectivity index (χ3n) is 3.00. The third-order valence-corrected chi connectivity index (χ3v) is 4.05. The van der Waals surface area contributed by atoms with E-state index in [0.717, 1.165) is 16.5 Å². The quantitative estimate of drug-likeness (QED) is 0.896. The average molecular weight is 298 g/mol. The maximum Gasteiger partial charge on any atom is 0.252 e. The number of carbonyl (C=O) groups is 1. The fourth-order valence-corrected chi connectivity index (χ4v) is 2.25. The molecule has 1 N–H and O–H groups in total. The van der Waals surface area contributed by atoms with Gasteiger partial charge in [-0.2, -0.15) is 0 Å². The highest BCUT2D eigenvalue weighted by Crippen LogP contribution is 2.21. The van der Waals surface area contributed by atoms with Crippen molar-refractivity contribution >= 4 is 21.8 Å². The molecule has 0 saturated heterocycles. The topological polar surface area (TPSA) is 29.1 Å². The number of amides is 1. The Morgan fingerprint density at radius 2 is 2.06 bits per heavy atom. The van der Waals surface area contributed by atoms with Gasteiger partial charge in [-0.05, 0) is 46.8 Å². The molecule has 0 spiro atoms. The second-order valence-electron chi connectivity index (χ2n) is 4.67. The Labute approximate surface area is 112 Å². The lowest BCUT2D eigenvalue weighted by Gasteiger charge is -2.21. The van der Waals surface area contributed by atoms with E-state index in [9.17, 15) is 4.79 Å².